The normalized spacial score (nSPS) is 19.3. The predicted octanol–water partition coefficient (Wildman–Crippen LogP) is 5.69. The van der Waals surface area contributed by atoms with Crippen LogP contribution in [-0.4, -0.2) is 33.9 Å². The smallest absolute Gasteiger partial charge is 0.261 e. The molecule has 1 aliphatic rings. The van der Waals surface area contributed by atoms with Gasteiger partial charge in [0, 0.05) is 19.1 Å². The van der Waals surface area contributed by atoms with Crippen molar-refractivity contribution in [2.45, 2.75) is 70.8 Å². The molecule has 0 aromatic heterocycles. The maximum atomic E-state index is 7.06. The lowest BCUT2D eigenvalue weighted by Gasteiger charge is -2.43. The summed E-state index contributed by atoms with van der Waals surface area (Å²) in [6.07, 6.45) is 5.98. The van der Waals surface area contributed by atoms with Gasteiger partial charge in [-0.05, 0) is 41.1 Å². The van der Waals surface area contributed by atoms with E-state index in [1.807, 2.05) is 6.08 Å². The SMILES string of the molecule is C=C[C@@H](C)[C@@H](CCO[Si](c1ccccc1)(c1ccccc1)C(C)(C)C)OC1CCCCO1. The van der Waals surface area contributed by atoms with Crippen molar-refractivity contribution in [3.8, 4) is 0 Å². The van der Waals surface area contributed by atoms with Crippen LogP contribution >= 0.6 is 0 Å². The minimum atomic E-state index is -2.53. The Kier molecular flexibility index (Phi) is 8.89. The van der Waals surface area contributed by atoms with E-state index in [1.54, 1.807) is 0 Å². The monoisotopic (exact) mass is 452 g/mol. The third kappa shape index (κ3) is 5.79. The number of rotatable bonds is 10. The Morgan fingerprint density at radius 1 is 1.03 bits per heavy atom. The van der Waals surface area contributed by atoms with E-state index in [4.69, 9.17) is 13.9 Å². The Morgan fingerprint density at radius 2 is 1.62 bits per heavy atom. The van der Waals surface area contributed by atoms with Crippen LogP contribution in [0.3, 0.4) is 0 Å². The summed E-state index contributed by atoms with van der Waals surface area (Å²) in [5, 5.41) is 2.59. The molecule has 3 rings (SSSR count). The molecule has 0 bridgehead atoms. The van der Waals surface area contributed by atoms with Crippen molar-refractivity contribution >= 4 is 18.7 Å². The van der Waals surface area contributed by atoms with Gasteiger partial charge in [-0.25, -0.2) is 0 Å². The minimum absolute atomic E-state index is 0.0252. The largest absolute Gasteiger partial charge is 0.407 e. The van der Waals surface area contributed by atoms with E-state index >= 15 is 0 Å². The highest BCUT2D eigenvalue weighted by Gasteiger charge is 2.50. The number of ether oxygens (including phenoxy) is 2. The van der Waals surface area contributed by atoms with Gasteiger partial charge < -0.3 is 13.9 Å². The van der Waals surface area contributed by atoms with E-state index < -0.39 is 8.32 Å². The summed E-state index contributed by atoms with van der Waals surface area (Å²) in [6.45, 7) is 14.6. The fourth-order valence-electron chi connectivity index (χ4n) is 4.71. The van der Waals surface area contributed by atoms with Crippen molar-refractivity contribution in [3.05, 3.63) is 73.3 Å². The summed E-state index contributed by atoms with van der Waals surface area (Å²) >= 11 is 0. The summed E-state index contributed by atoms with van der Waals surface area (Å²) in [4.78, 5) is 0. The van der Waals surface area contributed by atoms with Crippen LogP contribution in [0.5, 0.6) is 0 Å². The molecule has 0 amide bonds. The summed E-state index contributed by atoms with van der Waals surface area (Å²) < 4.78 is 19.3. The standard InChI is InChI=1S/C28H40O3Si/c1-6-23(2)26(31-27-19-13-14-21-29-27)20-22-30-32(28(3,4)5,24-15-9-7-10-16-24)25-17-11-8-12-18-25/h6-12,15-18,23,26-27H,1,13-14,19-22H2,2-5H3/t23-,26-,27?/m1/s1. The van der Waals surface area contributed by atoms with Gasteiger partial charge in [0.1, 0.15) is 0 Å². The molecule has 4 heteroatoms. The average molecular weight is 453 g/mol. The van der Waals surface area contributed by atoms with Gasteiger partial charge in [0.05, 0.1) is 6.10 Å². The van der Waals surface area contributed by atoms with E-state index in [9.17, 15) is 0 Å². The summed E-state index contributed by atoms with van der Waals surface area (Å²) in [6, 6.07) is 21.6. The zero-order valence-corrected chi connectivity index (χ0v) is 21.3. The molecule has 1 aliphatic heterocycles. The molecule has 0 spiro atoms. The zero-order valence-electron chi connectivity index (χ0n) is 20.3. The molecular weight excluding hydrogens is 412 g/mol. The lowest BCUT2D eigenvalue weighted by atomic mass is 10.0. The third-order valence-corrected chi connectivity index (χ3v) is 11.6. The first-order chi connectivity index (χ1) is 15.4. The van der Waals surface area contributed by atoms with Gasteiger partial charge in [0.25, 0.3) is 8.32 Å². The highest BCUT2D eigenvalue weighted by Crippen LogP contribution is 2.37. The van der Waals surface area contributed by atoms with Crippen LogP contribution in [-0.2, 0) is 13.9 Å². The predicted molar refractivity (Wildman–Crippen MR) is 136 cm³/mol. The van der Waals surface area contributed by atoms with Gasteiger partial charge in [-0.3, -0.25) is 0 Å². The molecule has 3 nitrogen and oxygen atoms in total. The van der Waals surface area contributed by atoms with Gasteiger partial charge in [0.2, 0.25) is 0 Å². The second-order valence-electron chi connectivity index (χ2n) is 9.87. The van der Waals surface area contributed by atoms with Crippen LogP contribution in [0.25, 0.3) is 0 Å². The lowest BCUT2D eigenvalue weighted by molar-refractivity contribution is -0.196. The molecular formula is C28H40O3Si. The second-order valence-corrected chi connectivity index (χ2v) is 14.2. The van der Waals surface area contributed by atoms with Gasteiger partial charge in [-0.2, -0.15) is 0 Å². The first-order valence-corrected chi connectivity index (χ1v) is 13.9. The van der Waals surface area contributed by atoms with Crippen LogP contribution in [0.15, 0.2) is 73.3 Å². The molecule has 2 aromatic rings. The van der Waals surface area contributed by atoms with Crippen molar-refractivity contribution in [1.82, 2.24) is 0 Å². The van der Waals surface area contributed by atoms with E-state index in [0.29, 0.717) is 6.61 Å². The number of hydrogen-bond donors (Lipinski definition) is 0. The third-order valence-electron chi connectivity index (χ3n) is 6.56. The van der Waals surface area contributed by atoms with Crippen LogP contribution in [0.4, 0.5) is 0 Å². The van der Waals surface area contributed by atoms with E-state index in [0.717, 1.165) is 25.9 Å². The highest BCUT2D eigenvalue weighted by atomic mass is 28.4. The van der Waals surface area contributed by atoms with Gasteiger partial charge in [-0.15, -0.1) is 6.58 Å². The molecule has 0 saturated carbocycles. The topological polar surface area (TPSA) is 27.7 Å². The second kappa shape index (κ2) is 11.4. The molecule has 2 aromatic carbocycles. The molecule has 174 valence electrons. The zero-order chi connectivity index (χ0) is 23.0. The van der Waals surface area contributed by atoms with Crippen molar-refractivity contribution in [1.29, 1.82) is 0 Å². The molecule has 0 aliphatic carbocycles. The summed E-state index contributed by atoms with van der Waals surface area (Å²) in [5.41, 5.74) is 0. The maximum Gasteiger partial charge on any atom is 0.261 e. The average Bonchev–Trinajstić information content (AvgIpc) is 2.81. The van der Waals surface area contributed by atoms with Gasteiger partial charge in [-0.1, -0.05) is 94.4 Å². The van der Waals surface area contributed by atoms with Crippen molar-refractivity contribution in [2.24, 2.45) is 5.92 Å². The molecule has 1 heterocycles. The number of hydrogen-bond acceptors (Lipinski definition) is 3. The molecule has 0 radical (unpaired) electrons. The first-order valence-electron chi connectivity index (χ1n) is 12.0. The summed E-state index contributed by atoms with van der Waals surface area (Å²) in [7, 11) is -2.53. The molecule has 1 unspecified atom stereocenters. The van der Waals surface area contributed by atoms with Gasteiger partial charge in [0.15, 0.2) is 6.29 Å². The van der Waals surface area contributed by atoms with E-state index in [1.165, 1.54) is 16.8 Å². The fourth-order valence-corrected chi connectivity index (χ4v) is 9.29. The van der Waals surface area contributed by atoms with E-state index in [2.05, 4.69) is 94.9 Å². The Morgan fingerprint density at radius 3 is 2.09 bits per heavy atom. The van der Waals surface area contributed by atoms with Crippen LogP contribution in [0.1, 0.15) is 53.4 Å². The lowest BCUT2D eigenvalue weighted by Crippen LogP contribution is -2.66. The summed E-state index contributed by atoms with van der Waals surface area (Å²) in [5.74, 6) is 0.239. The first kappa shape index (κ1) is 24.9. The molecule has 32 heavy (non-hydrogen) atoms. The van der Waals surface area contributed by atoms with Gasteiger partial charge >= 0.3 is 0 Å². The Hall–Kier alpha value is -1.72. The Bertz CT molecular complexity index is 770. The van der Waals surface area contributed by atoms with Crippen LogP contribution in [0, 0.1) is 5.92 Å². The van der Waals surface area contributed by atoms with Crippen LogP contribution in [0.2, 0.25) is 5.04 Å². The van der Waals surface area contributed by atoms with Crippen molar-refractivity contribution in [3.63, 3.8) is 0 Å². The fraction of sp³-hybridized carbons (Fsp3) is 0.500. The molecule has 3 atom stereocenters. The van der Waals surface area contributed by atoms with Crippen molar-refractivity contribution in [2.75, 3.05) is 13.2 Å². The Balaban J connectivity index is 1.85. The quantitative estimate of drug-likeness (QED) is 0.342. The minimum Gasteiger partial charge on any atom is -0.407 e. The van der Waals surface area contributed by atoms with Crippen LogP contribution < -0.4 is 10.4 Å². The maximum absolute atomic E-state index is 7.06. The van der Waals surface area contributed by atoms with Crippen molar-refractivity contribution < 1.29 is 13.9 Å². The highest BCUT2D eigenvalue weighted by molar-refractivity contribution is 6.99. The molecule has 0 N–H and O–H groups in total. The Labute approximate surface area is 195 Å². The molecule has 1 fully saturated rings. The molecule has 1 saturated heterocycles. The number of benzene rings is 2. The van der Waals surface area contributed by atoms with E-state index in [-0.39, 0.29) is 23.4 Å².